The van der Waals surface area contributed by atoms with E-state index in [2.05, 4.69) is 10.3 Å². The fourth-order valence-electron chi connectivity index (χ4n) is 3.03. The van der Waals surface area contributed by atoms with Gasteiger partial charge in [-0.15, -0.1) is 0 Å². The Morgan fingerprint density at radius 1 is 1.33 bits per heavy atom. The highest BCUT2D eigenvalue weighted by atomic mass is 16.5. The molecule has 2 aliphatic rings. The van der Waals surface area contributed by atoms with Crippen molar-refractivity contribution in [3.8, 4) is 0 Å². The normalized spacial score (nSPS) is 20.6. The highest BCUT2D eigenvalue weighted by Gasteiger charge is 2.40. The molecule has 0 atom stereocenters. The Labute approximate surface area is 122 Å². The van der Waals surface area contributed by atoms with Crippen LogP contribution in [0.3, 0.4) is 0 Å². The molecule has 0 unspecified atom stereocenters. The van der Waals surface area contributed by atoms with Gasteiger partial charge in [0.05, 0.1) is 6.20 Å². The van der Waals surface area contributed by atoms with Crippen molar-refractivity contribution >= 4 is 11.8 Å². The van der Waals surface area contributed by atoms with Crippen LogP contribution in [0.15, 0.2) is 6.20 Å². The fourth-order valence-corrected chi connectivity index (χ4v) is 3.03. The second-order valence-electron chi connectivity index (χ2n) is 5.68. The topological polar surface area (TPSA) is 99.2 Å². The molecular weight excluding hydrogens is 272 g/mol. The molecule has 21 heavy (non-hydrogen) atoms. The van der Waals surface area contributed by atoms with Crippen LogP contribution in [0, 0.1) is 0 Å². The quantitative estimate of drug-likeness (QED) is 0.818. The van der Waals surface area contributed by atoms with E-state index in [1.807, 2.05) is 4.57 Å². The van der Waals surface area contributed by atoms with Crippen LogP contribution >= 0.6 is 0 Å². The van der Waals surface area contributed by atoms with Gasteiger partial charge in [0.15, 0.2) is 0 Å². The van der Waals surface area contributed by atoms with Crippen LogP contribution in [0.5, 0.6) is 0 Å². The first-order chi connectivity index (χ1) is 10.1. The number of hydrogen-bond acceptors (Lipinski definition) is 4. The largest absolute Gasteiger partial charge is 0.381 e. The monoisotopic (exact) mass is 292 g/mol. The van der Waals surface area contributed by atoms with Gasteiger partial charge in [0, 0.05) is 39.0 Å². The molecule has 0 aliphatic carbocycles. The van der Waals surface area contributed by atoms with Gasteiger partial charge in [0.2, 0.25) is 5.91 Å². The minimum Gasteiger partial charge on any atom is -0.381 e. The number of hydrogen-bond donors (Lipinski definition) is 2. The van der Waals surface area contributed by atoms with E-state index in [4.69, 9.17) is 10.5 Å². The first-order valence-corrected chi connectivity index (χ1v) is 7.37. The SMILES string of the molecule is NC(=O)C1(NC(=O)c2cnc3n2CCCC3)CCOCC1. The van der Waals surface area contributed by atoms with E-state index in [9.17, 15) is 9.59 Å². The van der Waals surface area contributed by atoms with E-state index in [0.717, 1.165) is 31.6 Å². The van der Waals surface area contributed by atoms with Crippen molar-refractivity contribution in [3.05, 3.63) is 17.7 Å². The van der Waals surface area contributed by atoms with Crippen molar-refractivity contribution in [1.29, 1.82) is 0 Å². The molecule has 1 aromatic heterocycles. The van der Waals surface area contributed by atoms with Gasteiger partial charge in [-0.1, -0.05) is 0 Å². The highest BCUT2D eigenvalue weighted by Crippen LogP contribution is 2.22. The Morgan fingerprint density at radius 3 is 2.81 bits per heavy atom. The molecule has 2 aliphatic heterocycles. The summed E-state index contributed by atoms with van der Waals surface area (Å²) in [5.74, 6) is 0.153. The summed E-state index contributed by atoms with van der Waals surface area (Å²) >= 11 is 0. The molecule has 3 rings (SSSR count). The molecule has 0 saturated carbocycles. The number of imidazole rings is 1. The third-order valence-electron chi connectivity index (χ3n) is 4.37. The van der Waals surface area contributed by atoms with Crippen LogP contribution in [-0.4, -0.2) is 40.1 Å². The van der Waals surface area contributed by atoms with Gasteiger partial charge in [0.25, 0.3) is 5.91 Å². The van der Waals surface area contributed by atoms with E-state index in [-0.39, 0.29) is 5.91 Å². The second kappa shape index (κ2) is 5.48. The number of rotatable bonds is 3. The summed E-state index contributed by atoms with van der Waals surface area (Å²) in [6.45, 7) is 1.65. The average Bonchev–Trinajstić information content (AvgIpc) is 2.92. The number of aromatic nitrogens is 2. The summed E-state index contributed by atoms with van der Waals surface area (Å²) in [6.07, 6.45) is 5.44. The number of carbonyl (C=O) groups is 2. The predicted octanol–water partition coefficient (Wildman–Crippen LogP) is -0.0163. The van der Waals surface area contributed by atoms with Crippen LogP contribution in [-0.2, 0) is 22.5 Å². The molecule has 1 aromatic rings. The third-order valence-corrected chi connectivity index (χ3v) is 4.37. The maximum Gasteiger partial charge on any atom is 0.270 e. The Bertz CT molecular complexity index is 561. The summed E-state index contributed by atoms with van der Waals surface area (Å²) in [6, 6.07) is 0. The van der Waals surface area contributed by atoms with Crippen molar-refractivity contribution in [3.63, 3.8) is 0 Å². The van der Waals surface area contributed by atoms with Gasteiger partial charge in [0.1, 0.15) is 17.1 Å². The maximum atomic E-state index is 12.5. The fraction of sp³-hybridized carbons (Fsp3) is 0.643. The number of nitrogens with zero attached hydrogens (tertiary/aromatic N) is 2. The molecule has 7 heteroatoms. The number of aryl methyl sites for hydroxylation is 1. The van der Waals surface area contributed by atoms with Crippen LogP contribution in [0.2, 0.25) is 0 Å². The number of amides is 2. The number of nitrogens with one attached hydrogen (secondary N) is 1. The van der Waals surface area contributed by atoms with Crippen LogP contribution in [0.4, 0.5) is 0 Å². The number of nitrogens with two attached hydrogens (primary N) is 1. The molecule has 3 N–H and O–H groups in total. The van der Waals surface area contributed by atoms with Crippen molar-refractivity contribution in [2.75, 3.05) is 13.2 Å². The van der Waals surface area contributed by atoms with Crippen molar-refractivity contribution < 1.29 is 14.3 Å². The number of carbonyl (C=O) groups excluding carboxylic acids is 2. The van der Waals surface area contributed by atoms with Crippen LogP contribution in [0.1, 0.15) is 42.0 Å². The molecular formula is C14H20N4O3. The summed E-state index contributed by atoms with van der Waals surface area (Å²) in [5, 5.41) is 2.83. The Kier molecular flexibility index (Phi) is 3.67. The molecule has 0 aromatic carbocycles. The lowest BCUT2D eigenvalue weighted by atomic mass is 9.89. The minimum absolute atomic E-state index is 0.281. The Morgan fingerprint density at radius 2 is 2.10 bits per heavy atom. The van der Waals surface area contributed by atoms with E-state index < -0.39 is 11.4 Å². The highest BCUT2D eigenvalue weighted by molar-refractivity contribution is 5.97. The van der Waals surface area contributed by atoms with Crippen molar-refractivity contribution in [2.45, 2.75) is 44.2 Å². The number of fused-ring (bicyclic) bond motifs is 1. The summed E-state index contributed by atoms with van der Waals surface area (Å²) < 4.78 is 7.20. The lowest BCUT2D eigenvalue weighted by molar-refractivity contribution is -0.127. The van der Waals surface area contributed by atoms with Gasteiger partial charge in [-0.25, -0.2) is 4.98 Å². The van der Waals surface area contributed by atoms with Crippen LogP contribution < -0.4 is 11.1 Å². The van der Waals surface area contributed by atoms with Crippen LogP contribution in [0.25, 0.3) is 0 Å². The van der Waals surface area contributed by atoms with Gasteiger partial charge in [-0.2, -0.15) is 0 Å². The van der Waals surface area contributed by atoms with Gasteiger partial charge >= 0.3 is 0 Å². The summed E-state index contributed by atoms with van der Waals surface area (Å²) in [7, 11) is 0. The molecule has 0 bridgehead atoms. The van der Waals surface area contributed by atoms with Gasteiger partial charge in [-0.05, 0) is 12.8 Å². The third kappa shape index (κ3) is 2.53. The van der Waals surface area contributed by atoms with Gasteiger partial charge < -0.3 is 20.4 Å². The lowest BCUT2D eigenvalue weighted by Gasteiger charge is -2.35. The smallest absolute Gasteiger partial charge is 0.270 e. The number of ether oxygens (including phenoxy) is 1. The van der Waals surface area contributed by atoms with E-state index in [0.29, 0.717) is 31.7 Å². The molecule has 1 saturated heterocycles. The standard InChI is InChI=1S/C14H20N4O3/c15-13(20)14(4-7-21-8-5-14)17-12(19)10-9-16-11-3-1-2-6-18(10)11/h9H,1-8H2,(H2,15,20)(H,17,19). The zero-order chi connectivity index (χ0) is 14.9. The van der Waals surface area contributed by atoms with E-state index in [1.54, 1.807) is 6.20 Å². The second-order valence-corrected chi connectivity index (χ2v) is 5.68. The molecule has 1 fully saturated rings. The number of primary amides is 1. The molecule has 0 radical (unpaired) electrons. The lowest BCUT2D eigenvalue weighted by Crippen LogP contribution is -2.60. The first kappa shape index (κ1) is 14.1. The van der Waals surface area contributed by atoms with Crippen molar-refractivity contribution in [2.24, 2.45) is 5.73 Å². The zero-order valence-electron chi connectivity index (χ0n) is 11.9. The van der Waals surface area contributed by atoms with Crippen molar-refractivity contribution in [1.82, 2.24) is 14.9 Å². The average molecular weight is 292 g/mol. The molecule has 7 nitrogen and oxygen atoms in total. The summed E-state index contributed by atoms with van der Waals surface area (Å²) in [4.78, 5) is 28.6. The van der Waals surface area contributed by atoms with E-state index >= 15 is 0 Å². The predicted molar refractivity (Wildman–Crippen MR) is 74.6 cm³/mol. The molecule has 2 amide bonds. The molecule has 114 valence electrons. The minimum atomic E-state index is -1.01. The molecule has 0 spiro atoms. The van der Waals surface area contributed by atoms with E-state index in [1.165, 1.54) is 0 Å². The maximum absolute atomic E-state index is 12.5. The molecule has 3 heterocycles. The Hall–Kier alpha value is -1.89. The Balaban J connectivity index is 1.82. The zero-order valence-corrected chi connectivity index (χ0v) is 11.9. The van der Waals surface area contributed by atoms with Gasteiger partial charge in [-0.3, -0.25) is 9.59 Å². The first-order valence-electron chi connectivity index (χ1n) is 7.37. The summed E-state index contributed by atoms with van der Waals surface area (Å²) in [5.41, 5.74) is 5.02.